The molecule has 2 N–H and O–H groups in total. The highest BCUT2D eigenvalue weighted by Gasteiger charge is 2.12. The molecule has 3 aromatic rings. The van der Waals surface area contributed by atoms with Crippen LogP contribution in [0.2, 0.25) is 0 Å². The quantitative estimate of drug-likeness (QED) is 0.766. The summed E-state index contributed by atoms with van der Waals surface area (Å²) in [6.45, 7) is 1.77. The van der Waals surface area contributed by atoms with Crippen LogP contribution in [0.25, 0.3) is 11.3 Å². The van der Waals surface area contributed by atoms with Crippen molar-refractivity contribution in [2.24, 2.45) is 0 Å². The van der Waals surface area contributed by atoms with Gasteiger partial charge in [0.1, 0.15) is 0 Å². The van der Waals surface area contributed by atoms with Crippen LogP contribution in [0.1, 0.15) is 21.6 Å². The molecule has 1 amide bonds. The van der Waals surface area contributed by atoms with Gasteiger partial charge >= 0.3 is 0 Å². The number of carbonyl (C=O) groups is 1. The summed E-state index contributed by atoms with van der Waals surface area (Å²) in [7, 11) is 0. The van der Waals surface area contributed by atoms with Gasteiger partial charge in [-0.2, -0.15) is 11.3 Å². The molecule has 116 valence electrons. The zero-order valence-corrected chi connectivity index (χ0v) is 13.4. The van der Waals surface area contributed by atoms with E-state index in [9.17, 15) is 4.79 Å². The number of benzene rings is 1. The van der Waals surface area contributed by atoms with Crippen LogP contribution in [0.5, 0.6) is 0 Å². The van der Waals surface area contributed by atoms with Crippen LogP contribution in [-0.4, -0.2) is 16.0 Å². The van der Waals surface area contributed by atoms with Crippen molar-refractivity contribution in [3.8, 4) is 11.3 Å². The van der Waals surface area contributed by atoms with E-state index in [4.69, 9.17) is 5.11 Å². The fourth-order valence-electron chi connectivity index (χ4n) is 2.32. The first-order valence-corrected chi connectivity index (χ1v) is 8.13. The average molecular weight is 324 g/mol. The van der Waals surface area contributed by atoms with Crippen LogP contribution < -0.4 is 5.32 Å². The number of aliphatic hydroxyl groups excluding tert-OH is 1. The fraction of sp³-hybridized carbons (Fsp3) is 0.111. The predicted octanol–water partition coefficient (Wildman–Crippen LogP) is 3.86. The first-order valence-electron chi connectivity index (χ1n) is 7.19. The van der Waals surface area contributed by atoms with Gasteiger partial charge in [0.25, 0.3) is 5.91 Å². The minimum absolute atomic E-state index is 0.0559. The Balaban J connectivity index is 1.82. The van der Waals surface area contributed by atoms with Gasteiger partial charge in [-0.3, -0.25) is 9.78 Å². The molecule has 0 saturated carbocycles. The Morgan fingerprint density at radius 2 is 2.13 bits per heavy atom. The Morgan fingerprint density at radius 1 is 1.26 bits per heavy atom. The maximum absolute atomic E-state index is 12.4. The number of thiophene rings is 1. The number of aromatic nitrogens is 1. The highest BCUT2D eigenvalue weighted by Crippen LogP contribution is 2.22. The van der Waals surface area contributed by atoms with Crippen molar-refractivity contribution < 1.29 is 9.90 Å². The number of anilines is 1. The summed E-state index contributed by atoms with van der Waals surface area (Å²) in [5.41, 5.74) is 4.56. The highest BCUT2D eigenvalue weighted by molar-refractivity contribution is 7.08. The van der Waals surface area contributed by atoms with Gasteiger partial charge in [-0.15, -0.1) is 0 Å². The maximum atomic E-state index is 12.4. The van der Waals surface area contributed by atoms with E-state index in [-0.39, 0.29) is 12.5 Å². The van der Waals surface area contributed by atoms with Crippen molar-refractivity contribution in [3.05, 3.63) is 70.0 Å². The molecule has 0 bridgehead atoms. The molecule has 2 heterocycles. The topological polar surface area (TPSA) is 62.2 Å². The first-order chi connectivity index (χ1) is 11.2. The number of aryl methyl sites for hydroxylation is 1. The van der Waals surface area contributed by atoms with Crippen molar-refractivity contribution in [1.29, 1.82) is 0 Å². The third kappa shape index (κ3) is 3.47. The third-order valence-corrected chi connectivity index (χ3v) is 4.20. The molecular weight excluding hydrogens is 308 g/mol. The minimum atomic E-state index is -0.207. The molecule has 2 aromatic heterocycles. The number of pyridine rings is 1. The van der Waals surface area contributed by atoms with Crippen molar-refractivity contribution in [3.63, 3.8) is 0 Å². The van der Waals surface area contributed by atoms with E-state index in [0.717, 1.165) is 16.8 Å². The molecule has 0 unspecified atom stereocenters. The molecule has 0 saturated heterocycles. The second kappa shape index (κ2) is 6.73. The molecule has 3 rings (SSSR count). The Morgan fingerprint density at radius 3 is 2.83 bits per heavy atom. The van der Waals surface area contributed by atoms with E-state index in [1.165, 1.54) is 0 Å². The monoisotopic (exact) mass is 324 g/mol. The lowest BCUT2D eigenvalue weighted by Gasteiger charge is -2.09. The number of aliphatic hydroxyl groups is 1. The Labute approximate surface area is 138 Å². The lowest BCUT2D eigenvalue weighted by molar-refractivity contribution is 0.102. The number of nitrogens with zero attached hydrogens (tertiary/aromatic N) is 1. The lowest BCUT2D eigenvalue weighted by atomic mass is 10.1. The largest absolute Gasteiger partial charge is 0.392 e. The van der Waals surface area contributed by atoms with Gasteiger partial charge in [0.05, 0.1) is 23.6 Å². The van der Waals surface area contributed by atoms with Gasteiger partial charge in [0.2, 0.25) is 0 Å². The van der Waals surface area contributed by atoms with Crippen LogP contribution in [0.4, 0.5) is 5.69 Å². The predicted molar refractivity (Wildman–Crippen MR) is 92.6 cm³/mol. The van der Waals surface area contributed by atoms with E-state index >= 15 is 0 Å². The first kappa shape index (κ1) is 15.4. The van der Waals surface area contributed by atoms with Crippen LogP contribution >= 0.6 is 11.3 Å². The minimum Gasteiger partial charge on any atom is -0.392 e. The standard InChI is InChI=1S/C18H16N2O2S/c1-12-16(5-6-17(19-12)14-7-8-23-11-14)18(22)20-15-4-2-3-13(9-15)10-21/h2-9,11,21H,10H2,1H3,(H,20,22). The summed E-state index contributed by atoms with van der Waals surface area (Å²) in [6.07, 6.45) is 0. The van der Waals surface area contributed by atoms with Gasteiger partial charge < -0.3 is 10.4 Å². The molecule has 0 aliphatic rings. The van der Waals surface area contributed by atoms with E-state index < -0.39 is 0 Å². The number of rotatable bonds is 4. The van der Waals surface area contributed by atoms with Gasteiger partial charge in [-0.25, -0.2) is 0 Å². The molecule has 4 nitrogen and oxygen atoms in total. The molecule has 0 atom stereocenters. The normalized spacial score (nSPS) is 10.5. The van der Waals surface area contributed by atoms with Gasteiger partial charge in [-0.05, 0) is 48.2 Å². The number of nitrogens with one attached hydrogen (secondary N) is 1. The van der Waals surface area contributed by atoms with E-state index in [2.05, 4.69) is 10.3 Å². The molecule has 0 aliphatic heterocycles. The van der Waals surface area contributed by atoms with Crippen LogP contribution in [0.15, 0.2) is 53.2 Å². The van der Waals surface area contributed by atoms with Crippen molar-refractivity contribution in [2.45, 2.75) is 13.5 Å². The molecule has 0 fully saturated rings. The summed E-state index contributed by atoms with van der Waals surface area (Å²) in [5, 5.41) is 16.0. The molecule has 23 heavy (non-hydrogen) atoms. The van der Waals surface area contributed by atoms with Crippen LogP contribution in [-0.2, 0) is 6.61 Å². The van der Waals surface area contributed by atoms with Crippen molar-refractivity contribution in [2.75, 3.05) is 5.32 Å². The Hall–Kier alpha value is -2.50. The van der Waals surface area contributed by atoms with Gasteiger partial charge in [-0.1, -0.05) is 12.1 Å². The zero-order valence-electron chi connectivity index (χ0n) is 12.6. The maximum Gasteiger partial charge on any atom is 0.257 e. The lowest BCUT2D eigenvalue weighted by Crippen LogP contribution is -2.14. The number of carbonyl (C=O) groups excluding carboxylic acids is 1. The van der Waals surface area contributed by atoms with Gasteiger partial charge in [0, 0.05) is 16.6 Å². The molecule has 5 heteroatoms. The molecule has 0 radical (unpaired) electrons. The smallest absolute Gasteiger partial charge is 0.257 e. The summed E-state index contributed by atoms with van der Waals surface area (Å²) in [6, 6.07) is 12.8. The molecule has 1 aromatic carbocycles. The second-order valence-corrected chi connectivity index (χ2v) is 5.93. The van der Waals surface area contributed by atoms with Crippen molar-refractivity contribution >= 4 is 22.9 Å². The van der Waals surface area contributed by atoms with Crippen LogP contribution in [0.3, 0.4) is 0 Å². The SMILES string of the molecule is Cc1nc(-c2ccsc2)ccc1C(=O)Nc1cccc(CO)c1. The number of amides is 1. The molecule has 0 spiro atoms. The number of hydrogen-bond acceptors (Lipinski definition) is 4. The van der Waals surface area contributed by atoms with Gasteiger partial charge in [0.15, 0.2) is 0 Å². The summed E-state index contributed by atoms with van der Waals surface area (Å²) in [5.74, 6) is -0.207. The van der Waals surface area contributed by atoms with E-state index in [1.807, 2.05) is 29.8 Å². The third-order valence-electron chi connectivity index (χ3n) is 3.51. The highest BCUT2D eigenvalue weighted by atomic mass is 32.1. The molecule has 0 aliphatic carbocycles. The molecular formula is C18H16N2O2S. The summed E-state index contributed by atoms with van der Waals surface area (Å²) >= 11 is 1.62. The van der Waals surface area contributed by atoms with Crippen molar-refractivity contribution in [1.82, 2.24) is 4.98 Å². The number of hydrogen-bond donors (Lipinski definition) is 2. The summed E-state index contributed by atoms with van der Waals surface area (Å²) < 4.78 is 0. The van der Waals surface area contributed by atoms with Crippen LogP contribution in [0, 0.1) is 6.92 Å². The fourth-order valence-corrected chi connectivity index (χ4v) is 2.97. The Bertz CT molecular complexity index is 829. The second-order valence-electron chi connectivity index (χ2n) is 5.15. The van der Waals surface area contributed by atoms with E-state index in [0.29, 0.717) is 16.9 Å². The van der Waals surface area contributed by atoms with E-state index in [1.54, 1.807) is 41.7 Å². The zero-order chi connectivity index (χ0) is 16.2. The average Bonchev–Trinajstić information content (AvgIpc) is 3.09. The summed E-state index contributed by atoms with van der Waals surface area (Å²) in [4.78, 5) is 16.9. The Kier molecular flexibility index (Phi) is 4.50.